The Labute approximate surface area is 287 Å². The summed E-state index contributed by atoms with van der Waals surface area (Å²) >= 11 is 0. The lowest BCUT2D eigenvalue weighted by molar-refractivity contribution is -0.132. The molecule has 1 aromatic carbocycles. The van der Waals surface area contributed by atoms with Crippen molar-refractivity contribution in [3.8, 4) is 5.75 Å². The number of hydrogen-bond acceptors (Lipinski definition) is 10. The van der Waals surface area contributed by atoms with E-state index in [0.29, 0.717) is 6.42 Å². The second kappa shape index (κ2) is 20.6. The highest BCUT2D eigenvalue weighted by Crippen LogP contribution is 2.16. The average Bonchev–Trinajstić information content (AvgIpc) is 3.02. The van der Waals surface area contributed by atoms with Crippen molar-refractivity contribution >= 4 is 35.4 Å². The zero-order valence-electron chi connectivity index (χ0n) is 29.2. The fourth-order valence-corrected chi connectivity index (χ4v) is 4.63. The second-order valence-electron chi connectivity index (χ2n) is 13.0. The van der Waals surface area contributed by atoms with Crippen LogP contribution < -0.4 is 43.4 Å². The minimum Gasteiger partial charge on any atom is -0.508 e. The molecule has 16 heteroatoms. The number of primary amides is 1. The Bertz CT molecular complexity index is 1300. The van der Waals surface area contributed by atoms with Gasteiger partial charge in [-0.25, -0.2) is 0 Å². The van der Waals surface area contributed by atoms with E-state index in [4.69, 9.17) is 16.6 Å². The maximum atomic E-state index is 13.6. The van der Waals surface area contributed by atoms with Crippen molar-refractivity contribution < 1.29 is 39.0 Å². The smallest absolute Gasteiger partial charge is 0.243 e. The number of phenols is 1. The molecule has 0 radical (unpaired) electrons. The second-order valence-corrected chi connectivity index (χ2v) is 13.0. The topological polar surface area (TPSA) is 267 Å². The monoisotopic (exact) mass is 690 g/mol. The first-order chi connectivity index (χ1) is 22.9. The SMILES string of the molecule is C=C(N[C@H](CC(C)C)C(=O)N[C@@H](C(=O)NCC(N)=O)C(C)C)[C@@H](Cc1ccc(O)cc1)NC(=O)[C@H](NC(=O)CNC(=O)[C@H](N)CO)C(C)C. The van der Waals surface area contributed by atoms with Crippen LogP contribution in [0.1, 0.15) is 53.5 Å². The molecule has 0 aliphatic heterocycles. The molecule has 0 saturated heterocycles. The number of amides is 6. The summed E-state index contributed by atoms with van der Waals surface area (Å²) in [5, 5.41) is 34.9. The van der Waals surface area contributed by atoms with E-state index in [0.717, 1.165) is 5.56 Å². The van der Waals surface area contributed by atoms with Gasteiger partial charge in [0.15, 0.2) is 0 Å². The summed E-state index contributed by atoms with van der Waals surface area (Å²) in [5.74, 6) is -4.41. The van der Waals surface area contributed by atoms with Crippen LogP contribution in [-0.4, -0.2) is 95.6 Å². The first kappa shape index (κ1) is 42.3. The number of aliphatic hydroxyl groups is 1. The maximum Gasteiger partial charge on any atom is 0.243 e. The Kier molecular flexibility index (Phi) is 17.8. The van der Waals surface area contributed by atoms with E-state index in [2.05, 4.69) is 38.5 Å². The average molecular weight is 691 g/mol. The van der Waals surface area contributed by atoms with Gasteiger partial charge < -0.3 is 53.6 Å². The Hall–Kier alpha value is -4.70. The van der Waals surface area contributed by atoms with Gasteiger partial charge in [-0.1, -0.05) is 60.3 Å². The minimum absolute atomic E-state index is 0.0235. The van der Waals surface area contributed by atoms with Crippen molar-refractivity contribution in [3.05, 3.63) is 42.1 Å². The molecule has 16 nitrogen and oxygen atoms in total. The summed E-state index contributed by atoms with van der Waals surface area (Å²) in [4.78, 5) is 75.7. The number of carbonyl (C=O) groups excluding carboxylic acids is 6. The highest BCUT2D eigenvalue weighted by atomic mass is 16.3. The number of carbonyl (C=O) groups is 6. The molecule has 0 unspecified atom stereocenters. The Morgan fingerprint density at radius 2 is 1.29 bits per heavy atom. The molecule has 274 valence electrons. The molecule has 6 amide bonds. The molecule has 0 spiro atoms. The third-order valence-electron chi connectivity index (χ3n) is 7.40. The zero-order valence-corrected chi connectivity index (χ0v) is 29.2. The van der Waals surface area contributed by atoms with Crippen molar-refractivity contribution in [1.82, 2.24) is 31.9 Å². The van der Waals surface area contributed by atoms with Gasteiger partial charge in [-0.05, 0) is 48.3 Å². The van der Waals surface area contributed by atoms with E-state index < -0.39 is 78.8 Å². The molecule has 0 aliphatic carbocycles. The van der Waals surface area contributed by atoms with E-state index in [1.54, 1.807) is 39.8 Å². The van der Waals surface area contributed by atoms with Gasteiger partial charge in [0.1, 0.15) is 29.9 Å². The Morgan fingerprint density at radius 3 is 1.80 bits per heavy atom. The van der Waals surface area contributed by atoms with Gasteiger partial charge in [0, 0.05) is 5.70 Å². The van der Waals surface area contributed by atoms with Gasteiger partial charge in [-0.15, -0.1) is 0 Å². The molecular weight excluding hydrogens is 636 g/mol. The van der Waals surface area contributed by atoms with Crippen LogP contribution in [0.2, 0.25) is 0 Å². The van der Waals surface area contributed by atoms with Crippen molar-refractivity contribution in [2.24, 2.45) is 29.2 Å². The van der Waals surface area contributed by atoms with E-state index in [-0.39, 0.29) is 42.2 Å². The van der Waals surface area contributed by atoms with Crippen LogP contribution in [-0.2, 0) is 35.2 Å². The number of rotatable bonds is 21. The van der Waals surface area contributed by atoms with E-state index >= 15 is 0 Å². The van der Waals surface area contributed by atoms with Crippen LogP contribution in [0.4, 0.5) is 0 Å². The van der Waals surface area contributed by atoms with E-state index in [1.807, 2.05) is 13.8 Å². The third kappa shape index (κ3) is 15.4. The van der Waals surface area contributed by atoms with E-state index in [9.17, 15) is 33.9 Å². The van der Waals surface area contributed by atoms with Crippen molar-refractivity contribution in [1.29, 1.82) is 0 Å². The molecule has 5 atom stereocenters. The number of hydrogen-bond donors (Lipinski definition) is 10. The molecule has 0 heterocycles. The van der Waals surface area contributed by atoms with Gasteiger partial charge in [0.25, 0.3) is 0 Å². The molecule has 0 bridgehead atoms. The van der Waals surface area contributed by atoms with E-state index in [1.165, 1.54) is 12.1 Å². The maximum absolute atomic E-state index is 13.6. The van der Waals surface area contributed by atoms with Gasteiger partial charge in [0.05, 0.1) is 25.7 Å². The van der Waals surface area contributed by atoms with Gasteiger partial charge >= 0.3 is 0 Å². The lowest BCUT2D eigenvalue weighted by Crippen LogP contribution is -2.57. The lowest BCUT2D eigenvalue weighted by atomic mass is 9.97. The van der Waals surface area contributed by atoms with Crippen molar-refractivity contribution in [2.75, 3.05) is 19.7 Å². The number of phenolic OH excluding ortho intramolecular Hbond substituents is 1. The summed E-state index contributed by atoms with van der Waals surface area (Å²) in [5.41, 5.74) is 11.6. The number of benzene rings is 1. The molecule has 0 aliphatic rings. The largest absolute Gasteiger partial charge is 0.508 e. The third-order valence-corrected chi connectivity index (χ3v) is 7.40. The molecule has 12 N–H and O–H groups in total. The van der Waals surface area contributed by atoms with Crippen molar-refractivity contribution in [3.63, 3.8) is 0 Å². The van der Waals surface area contributed by atoms with Crippen LogP contribution in [0, 0.1) is 17.8 Å². The van der Waals surface area contributed by atoms with Gasteiger partial charge in [0.2, 0.25) is 35.4 Å². The van der Waals surface area contributed by atoms with Crippen LogP contribution in [0.3, 0.4) is 0 Å². The van der Waals surface area contributed by atoms with Crippen LogP contribution in [0.5, 0.6) is 5.75 Å². The van der Waals surface area contributed by atoms with Gasteiger partial charge in [-0.3, -0.25) is 28.8 Å². The molecular formula is C33H54N8O8. The first-order valence-electron chi connectivity index (χ1n) is 16.2. The normalized spacial score (nSPS) is 14.2. The Morgan fingerprint density at radius 1 is 0.735 bits per heavy atom. The van der Waals surface area contributed by atoms with Crippen LogP contribution in [0.15, 0.2) is 36.5 Å². The minimum atomic E-state index is -1.20. The first-order valence-corrected chi connectivity index (χ1v) is 16.2. The van der Waals surface area contributed by atoms with Crippen LogP contribution in [0.25, 0.3) is 0 Å². The number of nitrogens with one attached hydrogen (secondary N) is 6. The highest BCUT2D eigenvalue weighted by Gasteiger charge is 2.31. The number of aliphatic hydroxyl groups excluding tert-OH is 1. The fourth-order valence-electron chi connectivity index (χ4n) is 4.63. The number of nitrogens with two attached hydrogens (primary N) is 2. The van der Waals surface area contributed by atoms with Crippen molar-refractivity contribution in [2.45, 2.75) is 84.6 Å². The molecule has 1 rings (SSSR count). The predicted octanol–water partition coefficient (Wildman–Crippen LogP) is -1.74. The number of aromatic hydroxyl groups is 1. The summed E-state index contributed by atoms with van der Waals surface area (Å²) in [6.45, 7) is 13.4. The van der Waals surface area contributed by atoms with Gasteiger partial charge in [-0.2, -0.15) is 0 Å². The quantitative estimate of drug-likeness (QED) is 0.0696. The fraction of sp³-hybridized carbons (Fsp3) is 0.576. The van der Waals surface area contributed by atoms with Crippen LogP contribution >= 0.6 is 0 Å². The summed E-state index contributed by atoms with van der Waals surface area (Å²) in [6.07, 6.45) is 0.515. The predicted molar refractivity (Wildman–Crippen MR) is 183 cm³/mol. The zero-order chi connectivity index (χ0) is 37.4. The summed E-state index contributed by atoms with van der Waals surface area (Å²) in [6, 6.07) is 1.40. The molecule has 0 aromatic heterocycles. The summed E-state index contributed by atoms with van der Waals surface area (Å²) < 4.78 is 0. The molecule has 0 fully saturated rings. The highest BCUT2D eigenvalue weighted by molar-refractivity contribution is 5.92. The molecule has 49 heavy (non-hydrogen) atoms. The summed E-state index contributed by atoms with van der Waals surface area (Å²) in [7, 11) is 0. The standard InChI is InChI=1S/C33H54N8O8/c1-17(2)12-25(31(47)41-28(18(3)4)32(48)36-14-26(35)44)38-20(7)24(13-21-8-10-22(43)11-9-21)39-33(49)29(19(5)6)40-27(45)15-37-30(46)23(34)16-42/h8-11,17-19,23-25,28-29,38,42-43H,7,12-16,34H2,1-6H3,(H2,35,44)(H,36,48)(H,37,46)(H,39,49)(H,40,45)(H,41,47)/t23-,24-,25-,28-,29-/m1/s1. The molecule has 1 aromatic rings. The lowest BCUT2D eigenvalue weighted by Gasteiger charge is -2.31. The Balaban J connectivity index is 3.26. The molecule has 0 saturated carbocycles.